The maximum atomic E-state index is 11.7. The van der Waals surface area contributed by atoms with Crippen molar-refractivity contribution in [1.29, 1.82) is 0 Å². The van der Waals surface area contributed by atoms with E-state index in [0.29, 0.717) is 0 Å². The molecule has 1 amide bonds. The van der Waals surface area contributed by atoms with Crippen molar-refractivity contribution >= 4 is 17.7 Å². The molecule has 0 heterocycles. The van der Waals surface area contributed by atoms with Crippen molar-refractivity contribution in [3.63, 3.8) is 0 Å². The van der Waals surface area contributed by atoms with Crippen molar-refractivity contribution < 1.29 is 4.79 Å². The number of carbonyl (C=O) groups is 1. The van der Waals surface area contributed by atoms with Gasteiger partial charge in [0.15, 0.2) is 0 Å². The molecule has 3 N–H and O–H groups in total. The van der Waals surface area contributed by atoms with Crippen molar-refractivity contribution in [2.75, 3.05) is 12.8 Å². The van der Waals surface area contributed by atoms with Crippen molar-refractivity contribution in [3.05, 3.63) is 0 Å². The van der Waals surface area contributed by atoms with Gasteiger partial charge in [0, 0.05) is 11.3 Å². The Bertz CT molecular complexity index is 227. The molecule has 3 nitrogen and oxygen atoms in total. The lowest BCUT2D eigenvalue weighted by Crippen LogP contribution is -2.46. The van der Waals surface area contributed by atoms with Crippen molar-refractivity contribution in [2.24, 2.45) is 5.73 Å². The van der Waals surface area contributed by atoms with E-state index < -0.39 is 0 Å². The molecule has 0 aromatic rings. The van der Waals surface area contributed by atoms with E-state index in [1.54, 1.807) is 0 Å². The third kappa shape index (κ3) is 3.67. The highest BCUT2D eigenvalue weighted by atomic mass is 32.2. The first kappa shape index (κ1) is 13.8. The van der Waals surface area contributed by atoms with Gasteiger partial charge in [-0.1, -0.05) is 26.2 Å². The molecule has 0 aromatic carbocycles. The first-order valence-corrected chi connectivity index (χ1v) is 7.44. The minimum Gasteiger partial charge on any atom is -0.353 e. The van der Waals surface area contributed by atoms with E-state index in [1.165, 1.54) is 25.7 Å². The van der Waals surface area contributed by atoms with E-state index >= 15 is 0 Å². The Morgan fingerprint density at radius 1 is 1.50 bits per heavy atom. The van der Waals surface area contributed by atoms with Gasteiger partial charge >= 0.3 is 0 Å². The summed E-state index contributed by atoms with van der Waals surface area (Å²) in [7, 11) is 0. The lowest BCUT2D eigenvalue weighted by Gasteiger charge is -2.27. The molecule has 0 saturated heterocycles. The summed E-state index contributed by atoms with van der Waals surface area (Å²) in [5, 5.41) is 3.02. The Morgan fingerprint density at radius 2 is 2.12 bits per heavy atom. The quantitative estimate of drug-likeness (QED) is 0.750. The maximum Gasteiger partial charge on any atom is 0.236 e. The van der Waals surface area contributed by atoms with Gasteiger partial charge in [-0.3, -0.25) is 4.79 Å². The number of rotatable bonds is 6. The summed E-state index contributed by atoms with van der Waals surface area (Å²) in [5.74, 6) is 0.0159. The molecule has 1 aliphatic rings. The van der Waals surface area contributed by atoms with Gasteiger partial charge in [0.05, 0.1) is 6.04 Å². The molecule has 1 saturated carbocycles. The number of nitrogens with one attached hydrogen (secondary N) is 1. The summed E-state index contributed by atoms with van der Waals surface area (Å²) in [6.45, 7) is 2.83. The second-order valence-electron chi connectivity index (χ2n) is 4.71. The molecule has 1 unspecified atom stereocenters. The Kier molecular flexibility index (Phi) is 5.62. The highest BCUT2D eigenvalue weighted by Crippen LogP contribution is 2.39. The van der Waals surface area contributed by atoms with Crippen molar-refractivity contribution in [3.8, 4) is 0 Å². The lowest BCUT2D eigenvalue weighted by atomic mass is 10.1. The van der Waals surface area contributed by atoms with Crippen LogP contribution < -0.4 is 11.1 Å². The summed E-state index contributed by atoms with van der Waals surface area (Å²) < 4.78 is 0.279. The molecular weight excluding hydrogens is 220 g/mol. The van der Waals surface area contributed by atoms with Crippen LogP contribution in [0.1, 0.15) is 45.4 Å². The molecule has 1 rings (SSSR count). The lowest BCUT2D eigenvalue weighted by molar-refractivity contribution is -0.122. The second kappa shape index (κ2) is 6.50. The Hall–Kier alpha value is -0.220. The zero-order valence-electron chi connectivity index (χ0n) is 10.4. The predicted octanol–water partition coefficient (Wildman–Crippen LogP) is 1.91. The van der Waals surface area contributed by atoms with E-state index in [4.69, 9.17) is 5.73 Å². The fourth-order valence-electron chi connectivity index (χ4n) is 2.29. The average molecular weight is 244 g/mol. The molecule has 1 aliphatic carbocycles. The van der Waals surface area contributed by atoms with E-state index in [-0.39, 0.29) is 16.7 Å². The fraction of sp³-hybridized carbons (Fsp3) is 0.917. The zero-order chi connectivity index (χ0) is 12.0. The summed E-state index contributed by atoms with van der Waals surface area (Å²) in [4.78, 5) is 11.7. The minimum absolute atomic E-state index is 0.0159. The smallest absolute Gasteiger partial charge is 0.236 e. The molecule has 0 radical (unpaired) electrons. The molecule has 1 atom stereocenters. The Labute approximate surface area is 103 Å². The van der Waals surface area contributed by atoms with Gasteiger partial charge in [0.1, 0.15) is 0 Å². The number of nitrogens with two attached hydrogens (primary N) is 1. The van der Waals surface area contributed by atoms with E-state index in [1.807, 2.05) is 18.7 Å². The van der Waals surface area contributed by atoms with Crippen LogP contribution in [0.15, 0.2) is 0 Å². The monoisotopic (exact) mass is 244 g/mol. The number of carbonyl (C=O) groups excluding carboxylic acids is 1. The summed E-state index contributed by atoms with van der Waals surface area (Å²) >= 11 is 1.89. The summed E-state index contributed by atoms with van der Waals surface area (Å²) in [6, 6.07) is -0.328. The van der Waals surface area contributed by atoms with Gasteiger partial charge in [-0.05, 0) is 25.5 Å². The normalized spacial score (nSPS) is 20.7. The average Bonchev–Trinajstić information content (AvgIpc) is 2.75. The first-order chi connectivity index (χ1) is 7.63. The van der Waals surface area contributed by atoms with Crippen LogP contribution in [-0.2, 0) is 4.79 Å². The highest BCUT2D eigenvalue weighted by molar-refractivity contribution is 8.00. The number of amides is 1. The Balaban J connectivity index is 2.35. The van der Waals surface area contributed by atoms with Gasteiger partial charge in [-0.2, -0.15) is 11.8 Å². The van der Waals surface area contributed by atoms with Crippen LogP contribution in [0.2, 0.25) is 0 Å². The third-order valence-corrected chi connectivity index (χ3v) is 4.89. The van der Waals surface area contributed by atoms with Gasteiger partial charge < -0.3 is 11.1 Å². The summed E-state index contributed by atoms with van der Waals surface area (Å²) in [6.07, 6.45) is 8.90. The van der Waals surface area contributed by atoms with Gasteiger partial charge in [0.25, 0.3) is 0 Å². The van der Waals surface area contributed by atoms with Crippen LogP contribution >= 0.6 is 11.8 Å². The predicted molar refractivity (Wildman–Crippen MR) is 70.6 cm³/mol. The van der Waals surface area contributed by atoms with Crippen LogP contribution in [0.4, 0.5) is 0 Å². The molecule has 1 fully saturated rings. The molecular formula is C12H24N2OS. The molecule has 0 aliphatic heterocycles. The van der Waals surface area contributed by atoms with E-state index in [2.05, 4.69) is 11.6 Å². The topological polar surface area (TPSA) is 55.1 Å². The number of hydrogen-bond acceptors (Lipinski definition) is 3. The zero-order valence-corrected chi connectivity index (χ0v) is 11.2. The van der Waals surface area contributed by atoms with Crippen LogP contribution in [0.3, 0.4) is 0 Å². The SMILES string of the molecule is CCCC(N)C(=O)NCC1(SC)CCCC1. The second-order valence-corrected chi connectivity index (χ2v) is 5.98. The minimum atomic E-state index is -0.328. The van der Waals surface area contributed by atoms with Crippen LogP contribution in [0.25, 0.3) is 0 Å². The largest absolute Gasteiger partial charge is 0.353 e. The summed E-state index contributed by atoms with van der Waals surface area (Å²) in [5.41, 5.74) is 5.78. The fourth-order valence-corrected chi connectivity index (χ4v) is 3.21. The number of hydrogen-bond donors (Lipinski definition) is 2. The third-order valence-electron chi connectivity index (χ3n) is 3.47. The van der Waals surface area contributed by atoms with Crippen molar-refractivity contribution in [2.45, 2.75) is 56.2 Å². The van der Waals surface area contributed by atoms with Crippen LogP contribution in [0, 0.1) is 0 Å². The molecule has 0 aromatic heterocycles. The van der Waals surface area contributed by atoms with Gasteiger partial charge in [-0.15, -0.1) is 0 Å². The van der Waals surface area contributed by atoms with Crippen LogP contribution in [-0.4, -0.2) is 29.5 Å². The molecule has 0 spiro atoms. The number of thioether (sulfide) groups is 1. The van der Waals surface area contributed by atoms with Gasteiger partial charge in [-0.25, -0.2) is 0 Å². The van der Waals surface area contributed by atoms with Gasteiger partial charge in [0.2, 0.25) is 5.91 Å². The van der Waals surface area contributed by atoms with Crippen molar-refractivity contribution in [1.82, 2.24) is 5.32 Å². The molecule has 94 valence electrons. The van der Waals surface area contributed by atoms with Crippen LogP contribution in [0.5, 0.6) is 0 Å². The van der Waals surface area contributed by atoms with E-state index in [9.17, 15) is 4.79 Å². The maximum absolute atomic E-state index is 11.7. The highest BCUT2D eigenvalue weighted by Gasteiger charge is 2.33. The molecule has 16 heavy (non-hydrogen) atoms. The first-order valence-electron chi connectivity index (χ1n) is 6.22. The van der Waals surface area contributed by atoms with E-state index in [0.717, 1.165) is 19.4 Å². The Morgan fingerprint density at radius 3 is 2.62 bits per heavy atom. The molecule has 0 bridgehead atoms. The molecule has 4 heteroatoms. The standard InChI is InChI=1S/C12H24N2OS/c1-3-6-10(13)11(15)14-9-12(16-2)7-4-5-8-12/h10H,3-9,13H2,1-2H3,(H,14,15).